The largest absolute Gasteiger partial charge is 0.416 e. The summed E-state index contributed by atoms with van der Waals surface area (Å²) in [6, 6.07) is 15.1. The Morgan fingerprint density at radius 2 is 1.72 bits per heavy atom. The molecule has 1 heterocycles. The third-order valence-corrected chi connectivity index (χ3v) is 5.03. The molecule has 2 aromatic carbocycles. The molecule has 3 rings (SSSR count). The topological polar surface area (TPSA) is 38.8 Å². The summed E-state index contributed by atoms with van der Waals surface area (Å²) in [5.41, 5.74) is 0.957. The average molecular weight is 406 g/mol. The van der Waals surface area contributed by atoms with E-state index in [0.29, 0.717) is 45.0 Å². The molecule has 1 aliphatic rings. The molecule has 1 saturated heterocycles. The Morgan fingerprint density at radius 3 is 2.38 bits per heavy atom. The minimum Gasteiger partial charge on any atom is -0.373 e. The number of piperazine rings is 1. The summed E-state index contributed by atoms with van der Waals surface area (Å²) in [5.74, 6) is 0. The number of alkyl halides is 3. The molecule has 29 heavy (non-hydrogen) atoms. The van der Waals surface area contributed by atoms with Crippen molar-refractivity contribution in [3.8, 4) is 0 Å². The van der Waals surface area contributed by atoms with E-state index in [1.807, 2.05) is 42.3 Å². The van der Waals surface area contributed by atoms with Crippen LogP contribution in [0.25, 0.3) is 0 Å². The summed E-state index contributed by atoms with van der Waals surface area (Å²) >= 11 is 0. The molecule has 1 aliphatic heterocycles. The Hall–Kier alpha value is -2.90. The number of anilines is 2. The third kappa shape index (κ3) is 5.56. The lowest BCUT2D eigenvalue weighted by molar-refractivity contribution is -0.137. The van der Waals surface area contributed by atoms with Gasteiger partial charge in [0.1, 0.15) is 0 Å². The summed E-state index contributed by atoms with van der Waals surface area (Å²) in [6.45, 7) is 3.13. The van der Waals surface area contributed by atoms with Crippen molar-refractivity contribution >= 4 is 17.4 Å². The Labute approximate surface area is 168 Å². The molecule has 0 unspecified atom stereocenters. The van der Waals surface area contributed by atoms with Crippen LogP contribution in [-0.4, -0.2) is 57.2 Å². The second kappa shape index (κ2) is 9.07. The van der Waals surface area contributed by atoms with E-state index in [0.717, 1.165) is 17.8 Å². The average Bonchev–Trinajstić information content (AvgIpc) is 2.74. The van der Waals surface area contributed by atoms with Gasteiger partial charge in [-0.2, -0.15) is 13.2 Å². The van der Waals surface area contributed by atoms with Gasteiger partial charge < -0.3 is 20.0 Å². The molecular formula is C21H25F3N4O. The molecule has 8 heteroatoms. The summed E-state index contributed by atoms with van der Waals surface area (Å²) in [6.07, 6.45) is -4.36. The maximum atomic E-state index is 12.9. The molecule has 1 N–H and O–H groups in total. The van der Waals surface area contributed by atoms with Gasteiger partial charge in [-0.3, -0.25) is 0 Å². The first-order valence-corrected chi connectivity index (χ1v) is 9.56. The van der Waals surface area contributed by atoms with E-state index in [1.165, 1.54) is 6.07 Å². The zero-order chi connectivity index (χ0) is 20.9. The number of benzene rings is 2. The van der Waals surface area contributed by atoms with E-state index in [9.17, 15) is 18.0 Å². The lowest BCUT2D eigenvalue weighted by Crippen LogP contribution is -2.52. The number of carbonyl (C=O) groups excluding carboxylic acids is 1. The highest BCUT2D eigenvalue weighted by Crippen LogP contribution is 2.31. The van der Waals surface area contributed by atoms with Gasteiger partial charge in [-0.25, -0.2) is 4.79 Å². The fourth-order valence-corrected chi connectivity index (χ4v) is 3.30. The molecule has 1 fully saturated rings. The van der Waals surface area contributed by atoms with E-state index in [2.05, 4.69) is 10.2 Å². The molecule has 2 aromatic rings. The molecule has 0 radical (unpaired) electrons. The molecule has 5 nitrogen and oxygen atoms in total. The highest BCUT2D eigenvalue weighted by atomic mass is 19.4. The van der Waals surface area contributed by atoms with Crippen LogP contribution in [0.5, 0.6) is 0 Å². The second-order valence-electron chi connectivity index (χ2n) is 7.01. The number of rotatable bonds is 5. The fraction of sp³-hybridized carbons (Fsp3) is 0.381. The lowest BCUT2D eigenvalue weighted by Gasteiger charge is -2.36. The van der Waals surface area contributed by atoms with Gasteiger partial charge in [0.2, 0.25) is 0 Å². The highest BCUT2D eigenvalue weighted by Gasteiger charge is 2.31. The van der Waals surface area contributed by atoms with Crippen LogP contribution in [0.1, 0.15) is 5.56 Å². The smallest absolute Gasteiger partial charge is 0.373 e. The van der Waals surface area contributed by atoms with Crippen LogP contribution in [0.15, 0.2) is 54.6 Å². The molecule has 0 aromatic heterocycles. The minimum absolute atomic E-state index is 0.143. The number of amides is 2. The Morgan fingerprint density at radius 1 is 1.03 bits per heavy atom. The predicted octanol–water partition coefficient (Wildman–Crippen LogP) is 3.67. The number of nitrogens with zero attached hydrogens (tertiary/aromatic N) is 3. The van der Waals surface area contributed by atoms with Gasteiger partial charge in [0.05, 0.1) is 5.56 Å². The van der Waals surface area contributed by atoms with Crippen LogP contribution in [-0.2, 0) is 6.18 Å². The van der Waals surface area contributed by atoms with Crippen LogP contribution in [0.3, 0.4) is 0 Å². The number of hydrogen-bond donors (Lipinski definition) is 1. The van der Waals surface area contributed by atoms with E-state index in [1.54, 1.807) is 11.0 Å². The number of nitrogens with one attached hydrogen (secondary N) is 1. The van der Waals surface area contributed by atoms with E-state index in [4.69, 9.17) is 0 Å². The van der Waals surface area contributed by atoms with E-state index in [-0.39, 0.29) is 6.03 Å². The third-order valence-electron chi connectivity index (χ3n) is 5.03. The van der Waals surface area contributed by atoms with Gasteiger partial charge in [0.25, 0.3) is 0 Å². The zero-order valence-corrected chi connectivity index (χ0v) is 16.3. The van der Waals surface area contributed by atoms with Gasteiger partial charge in [0, 0.05) is 57.7 Å². The molecule has 156 valence electrons. The van der Waals surface area contributed by atoms with Crippen molar-refractivity contribution in [2.45, 2.75) is 6.18 Å². The molecule has 0 atom stereocenters. The monoisotopic (exact) mass is 406 g/mol. The number of likely N-dealkylation sites (N-methyl/N-ethyl adjacent to an activating group) is 1. The summed E-state index contributed by atoms with van der Waals surface area (Å²) in [4.78, 5) is 18.0. The number of halogens is 3. The number of para-hydroxylation sites is 1. The standard InChI is InChI=1S/C21H25F3N4O/c1-26(18-7-3-2-4-8-18)11-10-25-20(29)28-14-12-27(13-15-28)19-9-5-6-17(16-19)21(22,23)24/h2-9,16H,10-15H2,1H3,(H,25,29). The van der Waals surface area contributed by atoms with Gasteiger partial charge in [0.15, 0.2) is 0 Å². The van der Waals surface area contributed by atoms with E-state index < -0.39 is 11.7 Å². The van der Waals surface area contributed by atoms with Crippen molar-refractivity contribution < 1.29 is 18.0 Å². The van der Waals surface area contributed by atoms with Crippen molar-refractivity contribution in [1.82, 2.24) is 10.2 Å². The first kappa shape index (κ1) is 20.8. The molecule has 0 aliphatic carbocycles. The van der Waals surface area contributed by atoms with Crippen LogP contribution in [0, 0.1) is 0 Å². The van der Waals surface area contributed by atoms with Gasteiger partial charge in [-0.15, -0.1) is 0 Å². The summed E-state index contributed by atoms with van der Waals surface area (Å²) in [7, 11) is 1.97. The summed E-state index contributed by atoms with van der Waals surface area (Å²) in [5, 5.41) is 2.91. The molecule has 0 spiro atoms. The molecule has 0 bridgehead atoms. The van der Waals surface area contributed by atoms with Crippen molar-refractivity contribution in [2.75, 3.05) is 56.1 Å². The second-order valence-corrected chi connectivity index (χ2v) is 7.01. The maximum Gasteiger partial charge on any atom is 0.416 e. The van der Waals surface area contributed by atoms with E-state index >= 15 is 0 Å². The van der Waals surface area contributed by atoms with Crippen LogP contribution < -0.4 is 15.1 Å². The van der Waals surface area contributed by atoms with Crippen molar-refractivity contribution in [3.63, 3.8) is 0 Å². The fourth-order valence-electron chi connectivity index (χ4n) is 3.30. The Balaban J connectivity index is 1.45. The highest BCUT2D eigenvalue weighted by molar-refractivity contribution is 5.74. The molecule has 2 amide bonds. The van der Waals surface area contributed by atoms with Crippen LogP contribution >= 0.6 is 0 Å². The predicted molar refractivity (Wildman–Crippen MR) is 108 cm³/mol. The summed E-state index contributed by atoms with van der Waals surface area (Å²) < 4.78 is 38.7. The quantitative estimate of drug-likeness (QED) is 0.824. The van der Waals surface area contributed by atoms with Gasteiger partial charge in [-0.1, -0.05) is 24.3 Å². The van der Waals surface area contributed by atoms with Gasteiger partial charge in [-0.05, 0) is 30.3 Å². The zero-order valence-electron chi connectivity index (χ0n) is 16.3. The maximum absolute atomic E-state index is 12.9. The first-order chi connectivity index (χ1) is 13.8. The number of urea groups is 1. The first-order valence-electron chi connectivity index (χ1n) is 9.56. The van der Waals surface area contributed by atoms with Crippen LogP contribution in [0.2, 0.25) is 0 Å². The molecule has 0 saturated carbocycles. The minimum atomic E-state index is -4.36. The SMILES string of the molecule is CN(CCNC(=O)N1CCN(c2cccc(C(F)(F)F)c2)CC1)c1ccccc1. The van der Waals surface area contributed by atoms with Crippen molar-refractivity contribution in [2.24, 2.45) is 0 Å². The van der Waals surface area contributed by atoms with Crippen molar-refractivity contribution in [1.29, 1.82) is 0 Å². The number of carbonyl (C=O) groups is 1. The Kier molecular flexibility index (Phi) is 6.51. The lowest BCUT2D eigenvalue weighted by atomic mass is 10.1. The molecular weight excluding hydrogens is 381 g/mol. The van der Waals surface area contributed by atoms with Crippen LogP contribution in [0.4, 0.5) is 29.3 Å². The van der Waals surface area contributed by atoms with Crippen molar-refractivity contribution in [3.05, 3.63) is 60.2 Å². The van der Waals surface area contributed by atoms with Gasteiger partial charge >= 0.3 is 12.2 Å². The normalized spacial score (nSPS) is 14.6. The number of hydrogen-bond acceptors (Lipinski definition) is 3. The Bertz CT molecular complexity index is 805.